The number of β-amino-alcohol motifs (C(OH)–C–C–N with tert-alkyl or cyclic N) is 1. The smallest absolute Gasteiger partial charge is 0.225 e. The molecular weight excluding hydrogens is 589 g/mol. The molecular formula is C31H39Cl2N7O3. The second-order valence-electron chi connectivity index (χ2n) is 11.5. The van der Waals surface area contributed by atoms with Gasteiger partial charge in [0.1, 0.15) is 0 Å². The van der Waals surface area contributed by atoms with Gasteiger partial charge >= 0.3 is 0 Å². The van der Waals surface area contributed by atoms with Crippen LogP contribution in [0.3, 0.4) is 0 Å². The number of carbonyl (C=O) groups excluding carboxylic acids is 1. The first kappa shape index (κ1) is 31.4. The number of rotatable bonds is 10. The normalized spacial score (nSPS) is 17.6. The summed E-state index contributed by atoms with van der Waals surface area (Å²) in [7, 11) is 0. The van der Waals surface area contributed by atoms with Crippen molar-refractivity contribution >= 4 is 35.1 Å². The van der Waals surface area contributed by atoms with Crippen LogP contribution in [0.25, 0.3) is 11.3 Å². The molecule has 5 rings (SSSR count). The van der Waals surface area contributed by atoms with Crippen LogP contribution in [-0.4, -0.2) is 94.2 Å². The summed E-state index contributed by atoms with van der Waals surface area (Å²) in [5.74, 6) is 2.10. The molecule has 43 heavy (non-hydrogen) atoms. The van der Waals surface area contributed by atoms with E-state index < -0.39 is 0 Å². The lowest BCUT2D eigenvalue weighted by molar-refractivity contribution is -0.119. The molecule has 0 saturated carbocycles. The highest BCUT2D eigenvalue weighted by molar-refractivity contribution is 6.35. The van der Waals surface area contributed by atoms with Gasteiger partial charge in [-0.05, 0) is 68.6 Å². The predicted octanol–water partition coefficient (Wildman–Crippen LogP) is 4.49. The Hall–Kier alpha value is -3.02. The maximum Gasteiger partial charge on any atom is 0.225 e. The lowest BCUT2D eigenvalue weighted by atomic mass is 9.96. The SMILES string of the molecule is CC(=O)NCC1CCN(Cc2cc(Oc3cnc(N4CCN(CC(C)O)CC4)nc3)nc(-c3cc(Cl)cc(Cl)c3)c2)CC1. The second kappa shape index (κ2) is 14.6. The van der Waals surface area contributed by atoms with E-state index in [1.54, 1.807) is 25.4 Å². The molecule has 1 unspecified atom stereocenters. The van der Waals surface area contributed by atoms with Gasteiger partial charge in [-0.3, -0.25) is 14.6 Å². The fourth-order valence-electron chi connectivity index (χ4n) is 5.60. The zero-order chi connectivity index (χ0) is 30.3. The summed E-state index contributed by atoms with van der Waals surface area (Å²) in [6.45, 7) is 10.7. The van der Waals surface area contributed by atoms with E-state index in [0.29, 0.717) is 45.8 Å². The number of anilines is 1. The molecule has 2 saturated heterocycles. The predicted molar refractivity (Wildman–Crippen MR) is 169 cm³/mol. The molecule has 10 nitrogen and oxygen atoms in total. The Morgan fingerprint density at radius 1 is 1.00 bits per heavy atom. The van der Waals surface area contributed by atoms with Crippen molar-refractivity contribution in [2.45, 2.75) is 39.3 Å². The quantitative estimate of drug-likeness (QED) is 0.336. The Labute approximate surface area is 263 Å². The molecule has 2 N–H and O–H groups in total. The Kier molecular flexibility index (Phi) is 10.7. The van der Waals surface area contributed by atoms with E-state index in [1.165, 1.54) is 0 Å². The number of nitrogens with zero attached hydrogens (tertiary/aromatic N) is 6. The number of likely N-dealkylation sites (tertiary alicyclic amines) is 1. The van der Waals surface area contributed by atoms with Crippen LogP contribution >= 0.6 is 23.2 Å². The third-order valence-corrected chi connectivity index (χ3v) is 8.22. The lowest BCUT2D eigenvalue weighted by Gasteiger charge is -2.35. The molecule has 1 aromatic carbocycles. The summed E-state index contributed by atoms with van der Waals surface area (Å²) in [6.07, 6.45) is 5.08. The van der Waals surface area contributed by atoms with Gasteiger partial charge < -0.3 is 20.1 Å². The van der Waals surface area contributed by atoms with E-state index in [4.69, 9.17) is 32.9 Å². The first-order chi connectivity index (χ1) is 20.7. The number of halogens is 2. The Morgan fingerprint density at radius 3 is 2.30 bits per heavy atom. The van der Waals surface area contributed by atoms with Crippen molar-refractivity contribution in [1.29, 1.82) is 0 Å². The molecule has 230 valence electrons. The zero-order valence-electron chi connectivity index (χ0n) is 24.7. The molecule has 1 amide bonds. The van der Waals surface area contributed by atoms with E-state index in [9.17, 15) is 9.90 Å². The summed E-state index contributed by atoms with van der Waals surface area (Å²) >= 11 is 12.6. The van der Waals surface area contributed by atoms with Crippen LogP contribution in [0.5, 0.6) is 11.6 Å². The number of amides is 1. The first-order valence-electron chi connectivity index (χ1n) is 14.8. The third kappa shape index (κ3) is 9.23. The topological polar surface area (TPSA) is 107 Å². The Bertz CT molecular complexity index is 1360. The molecule has 2 fully saturated rings. The summed E-state index contributed by atoms with van der Waals surface area (Å²) in [5, 5.41) is 13.7. The van der Waals surface area contributed by atoms with Crippen LogP contribution in [0, 0.1) is 5.92 Å². The minimum Gasteiger partial charge on any atom is -0.436 e. The fraction of sp³-hybridized carbons (Fsp3) is 0.484. The molecule has 2 aliphatic rings. The highest BCUT2D eigenvalue weighted by atomic mass is 35.5. The molecule has 0 spiro atoms. The summed E-state index contributed by atoms with van der Waals surface area (Å²) in [6, 6.07) is 9.39. The number of carbonyl (C=O) groups is 1. The van der Waals surface area contributed by atoms with Crippen LogP contribution in [0.2, 0.25) is 10.0 Å². The third-order valence-electron chi connectivity index (χ3n) is 7.79. The van der Waals surface area contributed by atoms with Crippen molar-refractivity contribution in [3.63, 3.8) is 0 Å². The zero-order valence-corrected chi connectivity index (χ0v) is 26.2. The van der Waals surface area contributed by atoms with Gasteiger partial charge in [0.25, 0.3) is 0 Å². The molecule has 0 aliphatic carbocycles. The molecule has 4 heterocycles. The Balaban J connectivity index is 1.29. The van der Waals surface area contributed by atoms with Gasteiger partial charge in [-0.15, -0.1) is 0 Å². The number of piperidine rings is 1. The fourth-order valence-corrected chi connectivity index (χ4v) is 6.12. The van der Waals surface area contributed by atoms with Gasteiger partial charge in [0.05, 0.1) is 24.2 Å². The standard InChI is InChI=1S/C31H39Cl2N7O3/c1-21(41)19-39-7-9-40(10-8-39)31-35-17-28(18-36-31)43-30-12-24(11-29(37-30)25-13-26(32)15-27(33)14-25)20-38-5-3-23(4-6-38)16-34-22(2)42/h11-15,17-18,21,23,41H,3-10,16,19-20H2,1-2H3,(H,34,42). The van der Waals surface area contributed by atoms with Gasteiger partial charge in [-0.25, -0.2) is 15.0 Å². The van der Waals surface area contributed by atoms with Crippen molar-refractivity contribution in [2.24, 2.45) is 5.92 Å². The number of piperazine rings is 1. The number of pyridine rings is 1. The summed E-state index contributed by atoms with van der Waals surface area (Å²) < 4.78 is 6.19. The highest BCUT2D eigenvalue weighted by Crippen LogP contribution is 2.31. The molecule has 0 bridgehead atoms. The van der Waals surface area contributed by atoms with Crippen molar-refractivity contribution in [3.05, 3.63) is 58.3 Å². The van der Waals surface area contributed by atoms with Gasteiger partial charge in [0.15, 0.2) is 5.75 Å². The van der Waals surface area contributed by atoms with Crippen molar-refractivity contribution in [3.8, 4) is 22.9 Å². The number of hydrogen-bond acceptors (Lipinski definition) is 9. The van der Waals surface area contributed by atoms with Crippen molar-refractivity contribution in [2.75, 3.05) is 57.3 Å². The second-order valence-corrected chi connectivity index (χ2v) is 12.3. The Morgan fingerprint density at radius 2 is 1.67 bits per heavy atom. The number of aliphatic hydroxyl groups is 1. The maximum atomic E-state index is 11.3. The summed E-state index contributed by atoms with van der Waals surface area (Å²) in [5.41, 5.74) is 2.58. The molecule has 2 aliphatic heterocycles. The highest BCUT2D eigenvalue weighted by Gasteiger charge is 2.22. The van der Waals surface area contributed by atoms with Crippen molar-refractivity contribution < 1.29 is 14.6 Å². The maximum absolute atomic E-state index is 11.3. The van der Waals surface area contributed by atoms with E-state index in [1.807, 2.05) is 25.1 Å². The lowest BCUT2D eigenvalue weighted by Crippen LogP contribution is -2.48. The minimum atomic E-state index is -0.337. The first-order valence-corrected chi connectivity index (χ1v) is 15.6. The van der Waals surface area contributed by atoms with Crippen LogP contribution < -0.4 is 15.0 Å². The molecule has 0 radical (unpaired) electrons. The average Bonchev–Trinajstić information content (AvgIpc) is 2.97. The van der Waals surface area contributed by atoms with Crippen LogP contribution in [-0.2, 0) is 11.3 Å². The monoisotopic (exact) mass is 627 g/mol. The molecule has 3 aromatic rings. The van der Waals surface area contributed by atoms with Crippen LogP contribution in [0.15, 0.2) is 42.7 Å². The molecule has 12 heteroatoms. The number of aliphatic hydroxyl groups excluding tert-OH is 1. The number of hydrogen-bond donors (Lipinski definition) is 2. The van der Waals surface area contributed by atoms with Crippen LogP contribution in [0.4, 0.5) is 5.95 Å². The minimum absolute atomic E-state index is 0.0206. The van der Waals surface area contributed by atoms with Crippen LogP contribution in [0.1, 0.15) is 32.3 Å². The number of ether oxygens (including phenoxy) is 1. The van der Waals surface area contributed by atoms with E-state index in [2.05, 4.69) is 36.1 Å². The molecule has 1 atom stereocenters. The van der Waals surface area contributed by atoms with Gasteiger partial charge in [-0.1, -0.05) is 23.2 Å². The number of benzene rings is 1. The summed E-state index contributed by atoms with van der Waals surface area (Å²) in [4.78, 5) is 32.0. The van der Waals surface area contributed by atoms with E-state index in [0.717, 1.165) is 76.3 Å². The number of aromatic nitrogens is 3. The van der Waals surface area contributed by atoms with Gasteiger partial charge in [0, 0.05) is 74.4 Å². The van der Waals surface area contributed by atoms with E-state index in [-0.39, 0.29) is 12.0 Å². The van der Waals surface area contributed by atoms with Gasteiger partial charge in [-0.2, -0.15) is 0 Å². The van der Waals surface area contributed by atoms with E-state index >= 15 is 0 Å². The number of nitrogens with one attached hydrogen (secondary N) is 1. The molecule has 2 aromatic heterocycles. The van der Waals surface area contributed by atoms with Crippen molar-refractivity contribution in [1.82, 2.24) is 30.1 Å². The van der Waals surface area contributed by atoms with Gasteiger partial charge in [0.2, 0.25) is 17.7 Å². The largest absolute Gasteiger partial charge is 0.436 e. The average molecular weight is 629 g/mol.